The van der Waals surface area contributed by atoms with Gasteiger partial charge in [-0.3, -0.25) is 0 Å². The quantitative estimate of drug-likeness (QED) is 0.561. The summed E-state index contributed by atoms with van der Waals surface area (Å²) in [5.74, 6) is 1.27. The number of aryl methyl sites for hydroxylation is 2. The molecule has 4 aromatic rings. The van der Waals surface area contributed by atoms with Crippen LogP contribution in [0.4, 0.5) is 0 Å². The third-order valence-electron chi connectivity index (χ3n) is 4.11. The number of aromatic nitrogens is 3. The maximum Gasteiger partial charge on any atom is 0.249 e. The molecule has 0 spiro atoms. The molecule has 0 fully saturated rings. The predicted octanol–water partition coefficient (Wildman–Crippen LogP) is 4.43. The Morgan fingerprint density at radius 1 is 0.955 bits per heavy atom. The summed E-state index contributed by atoms with van der Waals surface area (Å²) in [5.41, 5.74) is 3.41. The van der Waals surface area contributed by atoms with E-state index < -0.39 is 0 Å². The highest BCUT2D eigenvalue weighted by atomic mass is 16.4. The monoisotopic (exact) mass is 291 g/mol. The van der Waals surface area contributed by atoms with Gasteiger partial charge in [0.25, 0.3) is 0 Å². The molecule has 0 unspecified atom stereocenters. The second-order valence-electron chi connectivity index (χ2n) is 5.32. The van der Waals surface area contributed by atoms with E-state index in [1.165, 1.54) is 16.3 Å². The normalized spacial score (nSPS) is 11.5. The van der Waals surface area contributed by atoms with Crippen molar-refractivity contribution in [1.29, 1.82) is 0 Å². The van der Waals surface area contributed by atoms with Crippen molar-refractivity contribution >= 4 is 21.8 Å². The maximum atomic E-state index is 5.79. The van der Waals surface area contributed by atoms with Gasteiger partial charge in [-0.15, -0.1) is 10.2 Å². The number of hydrogen-bond donors (Lipinski definition) is 0. The molecule has 0 bridgehead atoms. The average molecular weight is 291 g/mol. The van der Waals surface area contributed by atoms with Crippen LogP contribution < -0.4 is 0 Å². The third-order valence-corrected chi connectivity index (χ3v) is 4.11. The van der Waals surface area contributed by atoms with Crippen LogP contribution in [0.25, 0.3) is 33.3 Å². The summed E-state index contributed by atoms with van der Waals surface area (Å²) in [6, 6.07) is 14.8. The number of nitrogens with zero attached hydrogens (tertiary/aromatic N) is 3. The smallest absolute Gasteiger partial charge is 0.249 e. The highest BCUT2D eigenvalue weighted by Crippen LogP contribution is 2.35. The minimum absolute atomic E-state index is 0.597. The first kappa shape index (κ1) is 13.1. The van der Waals surface area contributed by atoms with Crippen molar-refractivity contribution in [3.8, 4) is 11.5 Å². The number of hydrogen-bond acceptors (Lipinski definition) is 3. The third kappa shape index (κ3) is 1.77. The van der Waals surface area contributed by atoms with Gasteiger partial charge in [-0.05, 0) is 19.1 Å². The van der Waals surface area contributed by atoms with Crippen molar-refractivity contribution in [1.82, 2.24) is 14.8 Å². The van der Waals surface area contributed by atoms with Gasteiger partial charge in [-0.25, -0.2) is 0 Å². The molecule has 4 rings (SSSR count). The van der Waals surface area contributed by atoms with Crippen molar-refractivity contribution in [2.75, 3.05) is 0 Å². The predicted molar refractivity (Wildman–Crippen MR) is 87.8 cm³/mol. The lowest BCUT2D eigenvalue weighted by Gasteiger charge is -2.05. The maximum absolute atomic E-state index is 5.79. The van der Waals surface area contributed by atoms with Crippen LogP contribution in [0.3, 0.4) is 0 Å². The second kappa shape index (κ2) is 4.98. The van der Waals surface area contributed by atoms with E-state index in [0.29, 0.717) is 11.8 Å². The zero-order valence-corrected chi connectivity index (χ0v) is 12.7. The van der Waals surface area contributed by atoms with Crippen LogP contribution in [-0.4, -0.2) is 14.8 Å². The average Bonchev–Trinajstić information content (AvgIpc) is 3.17. The van der Waals surface area contributed by atoms with Gasteiger partial charge in [0.15, 0.2) is 0 Å². The molecule has 0 atom stereocenters. The number of para-hydroxylation sites is 2. The van der Waals surface area contributed by atoms with E-state index in [-0.39, 0.29) is 0 Å². The molecule has 0 saturated carbocycles. The lowest BCUT2D eigenvalue weighted by molar-refractivity contribution is 0.513. The molecular formula is C18H17N3O. The first-order valence-electron chi connectivity index (χ1n) is 7.66. The molecule has 2 aromatic carbocycles. The van der Waals surface area contributed by atoms with Crippen LogP contribution in [0.5, 0.6) is 0 Å². The first-order valence-corrected chi connectivity index (χ1v) is 7.66. The van der Waals surface area contributed by atoms with Gasteiger partial charge in [0.2, 0.25) is 11.8 Å². The Bertz CT molecular complexity index is 965. The molecule has 22 heavy (non-hydrogen) atoms. The summed E-state index contributed by atoms with van der Waals surface area (Å²) in [6.07, 6.45) is 0.750. The summed E-state index contributed by atoms with van der Waals surface area (Å²) in [7, 11) is 0. The molecule has 4 heteroatoms. The van der Waals surface area contributed by atoms with Gasteiger partial charge in [0.05, 0.1) is 11.1 Å². The Kier molecular flexibility index (Phi) is 2.96. The van der Waals surface area contributed by atoms with Crippen molar-refractivity contribution < 1.29 is 4.42 Å². The lowest BCUT2D eigenvalue weighted by Crippen LogP contribution is -1.95. The molecule has 4 nitrogen and oxygen atoms in total. The van der Waals surface area contributed by atoms with Crippen molar-refractivity contribution in [3.05, 3.63) is 48.4 Å². The largest absolute Gasteiger partial charge is 0.421 e. The second-order valence-corrected chi connectivity index (χ2v) is 5.32. The van der Waals surface area contributed by atoms with E-state index in [4.69, 9.17) is 4.42 Å². The van der Waals surface area contributed by atoms with Gasteiger partial charge in [0.1, 0.15) is 0 Å². The fourth-order valence-electron chi connectivity index (χ4n) is 3.12. The van der Waals surface area contributed by atoms with Gasteiger partial charge in [-0.2, -0.15) is 0 Å². The standard InChI is InChI=1S/C18H17N3O/c1-3-16-19-20-18(22-16)14-10-7-9-13-12-8-5-6-11-15(12)21(4-2)17(13)14/h5-11H,3-4H2,1-2H3. The molecule has 0 saturated heterocycles. The zero-order chi connectivity index (χ0) is 15.1. The van der Waals surface area contributed by atoms with Crippen LogP contribution in [0.1, 0.15) is 19.7 Å². The highest BCUT2D eigenvalue weighted by Gasteiger charge is 2.17. The Hall–Kier alpha value is -2.62. The zero-order valence-electron chi connectivity index (χ0n) is 12.7. The molecule has 0 radical (unpaired) electrons. The summed E-state index contributed by atoms with van der Waals surface area (Å²) in [5, 5.41) is 10.8. The van der Waals surface area contributed by atoms with E-state index in [2.05, 4.69) is 64.2 Å². The number of fused-ring (bicyclic) bond motifs is 3. The van der Waals surface area contributed by atoms with E-state index in [9.17, 15) is 0 Å². The molecular weight excluding hydrogens is 274 g/mol. The molecule has 0 aliphatic carbocycles. The summed E-state index contributed by atoms with van der Waals surface area (Å²) in [4.78, 5) is 0. The van der Waals surface area contributed by atoms with Gasteiger partial charge < -0.3 is 8.98 Å². The van der Waals surface area contributed by atoms with E-state index >= 15 is 0 Å². The Labute approximate surface area is 128 Å². The van der Waals surface area contributed by atoms with Crippen molar-refractivity contribution in [3.63, 3.8) is 0 Å². The number of rotatable bonds is 3. The van der Waals surface area contributed by atoms with Crippen LogP contribution in [0.15, 0.2) is 46.9 Å². The summed E-state index contributed by atoms with van der Waals surface area (Å²) < 4.78 is 8.10. The van der Waals surface area contributed by atoms with Crippen LogP contribution in [0.2, 0.25) is 0 Å². The van der Waals surface area contributed by atoms with Crippen LogP contribution >= 0.6 is 0 Å². The lowest BCUT2D eigenvalue weighted by atomic mass is 10.1. The molecule has 110 valence electrons. The minimum atomic E-state index is 0.597. The Balaban J connectivity index is 2.11. The molecule has 0 aliphatic heterocycles. The first-order chi connectivity index (χ1) is 10.8. The SMILES string of the molecule is CCc1nnc(-c2cccc3c4ccccc4n(CC)c23)o1. The summed E-state index contributed by atoms with van der Waals surface area (Å²) >= 11 is 0. The Morgan fingerprint density at radius 2 is 1.77 bits per heavy atom. The molecule has 2 aromatic heterocycles. The van der Waals surface area contributed by atoms with Gasteiger partial charge in [0, 0.05) is 29.3 Å². The van der Waals surface area contributed by atoms with E-state index in [1.54, 1.807) is 0 Å². The Morgan fingerprint density at radius 3 is 2.55 bits per heavy atom. The fourth-order valence-corrected chi connectivity index (χ4v) is 3.12. The van der Waals surface area contributed by atoms with Gasteiger partial charge in [-0.1, -0.05) is 37.3 Å². The summed E-state index contributed by atoms with van der Waals surface area (Å²) in [6.45, 7) is 5.07. The minimum Gasteiger partial charge on any atom is -0.421 e. The molecule has 2 heterocycles. The van der Waals surface area contributed by atoms with Crippen LogP contribution in [0, 0.1) is 0 Å². The van der Waals surface area contributed by atoms with Gasteiger partial charge >= 0.3 is 0 Å². The van der Waals surface area contributed by atoms with E-state index in [1.807, 2.05) is 6.92 Å². The molecule has 0 N–H and O–H groups in total. The van der Waals surface area contributed by atoms with Crippen molar-refractivity contribution in [2.24, 2.45) is 0 Å². The van der Waals surface area contributed by atoms with Crippen molar-refractivity contribution in [2.45, 2.75) is 26.8 Å². The van der Waals surface area contributed by atoms with Crippen LogP contribution in [-0.2, 0) is 13.0 Å². The molecule has 0 amide bonds. The topological polar surface area (TPSA) is 43.9 Å². The number of benzene rings is 2. The fraction of sp³-hybridized carbons (Fsp3) is 0.222. The highest BCUT2D eigenvalue weighted by molar-refractivity contribution is 6.12. The molecule has 0 aliphatic rings. The van der Waals surface area contributed by atoms with E-state index in [0.717, 1.165) is 24.0 Å².